The number of benzene rings is 1. The zero-order chi connectivity index (χ0) is 12.0. The van der Waals surface area contributed by atoms with E-state index in [-0.39, 0.29) is 11.9 Å². The molecule has 1 rings (SSSR count). The van der Waals surface area contributed by atoms with E-state index in [0.717, 1.165) is 4.90 Å². The first-order valence-electron chi connectivity index (χ1n) is 4.59. The molecule has 1 aromatic carbocycles. The fraction of sp³-hybridized carbons (Fsp3) is 0.200. The molecule has 1 aromatic rings. The number of hydrogen-bond donors (Lipinski definition) is 3. The highest BCUT2D eigenvalue weighted by Crippen LogP contribution is 2.34. The molecule has 0 saturated heterocycles. The standard InChI is InChI=1S/C10H13O4PS/c11-9-5-1-2-6-10(9)16-8-4-3-7-15(12,13)14/h1-6,11H,7-8H2,(H2,12,13,14). The van der Waals surface area contributed by atoms with Gasteiger partial charge < -0.3 is 14.9 Å². The van der Waals surface area contributed by atoms with Gasteiger partial charge in [-0.3, -0.25) is 4.57 Å². The lowest BCUT2D eigenvalue weighted by Crippen LogP contribution is -1.82. The molecule has 0 heterocycles. The van der Waals surface area contributed by atoms with Gasteiger partial charge in [-0.1, -0.05) is 24.3 Å². The summed E-state index contributed by atoms with van der Waals surface area (Å²) in [5.74, 6) is 0.785. The minimum atomic E-state index is -3.93. The Morgan fingerprint density at radius 2 is 1.94 bits per heavy atom. The Morgan fingerprint density at radius 3 is 2.56 bits per heavy atom. The van der Waals surface area contributed by atoms with Gasteiger partial charge >= 0.3 is 7.60 Å². The summed E-state index contributed by atoms with van der Waals surface area (Å²) < 4.78 is 10.5. The SMILES string of the molecule is O=P(O)(O)CC=CCSc1ccccc1O. The number of rotatable bonds is 5. The van der Waals surface area contributed by atoms with Gasteiger partial charge in [-0.15, -0.1) is 11.8 Å². The van der Waals surface area contributed by atoms with Crippen molar-refractivity contribution in [1.29, 1.82) is 0 Å². The van der Waals surface area contributed by atoms with Crippen LogP contribution in [0.2, 0.25) is 0 Å². The molecule has 0 aliphatic rings. The lowest BCUT2D eigenvalue weighted by atomic mass is 10.3. The Hall–Kier alpha value is -0.740. The summed E-state index contributed by atoms with van der Waals surface area (Å²) in [5, 5.41) is 9.43. The van der Waals surface area contributed by atoms with Crippen LogP contribution in [0.25, 0.3) is 0 Å². The molecule has 0 fully saturated rings. The van der Waals surface area contributed by atoms with Crippen LogP contribution < -0.4 is 0 Å². The Morgan fingerprint density at radius 1 is 1.25 bits per heavy atom. The average molecular weight is 260 g/mol. The van der Waals surface area contributed by atoms with Crippen LogP contribution in [0.4, 0.5) is 0 Å². The fourth-order valence-electron chi connectivity index (χ4n) is 0.997. The predicted octanol–water partition coefficient (Wildman–Crippen LogP) is 2.22. The first-order chi connectivity index (χ1) is 7.49. The lowest BCUT2D eigenvalue weighted by molar-refractivity contribution is 0.377. The van der Waals surface area contributed by atoms with Gasteiger partial charge in [0, 0.05) is 10.6 Å². The van der Waals surface area contributed by atoms with Crippen molar-refractivity contribution in [3.05, 3.63) is 36.4 Å². The van der Waals surface area contributed by atoms with Gasteiger partial charge in [0.15, 0.2) is 0 Å². The number of aromatic hydroxyl groups is 1. The normalized spacial score (nSPS) is 12.1. The van der Waals surface area contributed by atoms with Gasteiger partial charge in [0.25, 0.3) is 0 Å². The third-order valence-electron chi connectivity index (χ3n) is 1.71. The number of thioether (sulfide) groups is 1. The van der Waals surface area contributed by atoms with Crippen molar-refractivity contribution in [2.75, 3.05) is 11.9 Å². The largest absolute Gasteiger partial charge is 0.507 e. The van der Waals surface area contributed by atoms with Crippen LogP contribution in [0.3, 0.4) is 0 Å². The van der Waals surface area contributed by atoms with Crippen LogP contribution in [0.5, 0.6) is 5.75 Å². The molecule has 0 aliphatic heterocycles. The van der Waals surface area contributed by atoms with Gasteiger partial charge in [-0.05, 0) is 12.1 Å². The Bertz CT molecular complexity index is 413. The van der Waals surface area contributed by atoms with Crippen molar-refractivity contribution in [2.45, 2.75) is 4.90 Å². The molecule has 0 atom stereocenters. The van der Waals surface area contributed by atoms with E-state index >= 15 is 0 Å². The fourth-order valence-corrected chi connectivity index (χ4v) is 2.22. The highest BCUT2D eigenvalue weighted by molar-refractivity contribution is 7.99. The average Bonchev–Trinajstić information content (AvgIpc) is 2.18. The maximum Gasteiger partial charge on any atom is 0.329 e. The zero-order valence-corrected chi connectivity index (χ0v) is 10.2. The summed E-state index contributed by atoms with van der Waals surface area (Å²) in [7, 11) is -3.93. The molecule has 0 amide bonds. The van der Waals surface area contributed by atoms with Gasteiger partial charge in [0.05, 0.1) is 6.16 Å². The summed E-state index contributed by atoms with van der Waals surface area (Å²) >= 11 is 1.41. The van der Waals surface area contributed by atoms with Crippen molar-refractivity contribution in [3.8, 4) is 5.75 Å². The Balaban J connectivity index is 2.37. The number of phenols is 1. The van der Waals surface area contributed by atoms with Gasteiger partial charge in [0.2, 0.25) is 0 Å². The highest BCUT2D eigenvalue weighted by atomic mass is 32.2. The summed E-state index contributed by atoms with van der Waals surface area (Å²) in [4.78, 5) is 17.9. The van der Waals surface area contributed by atoms with Crippen LogP contribution in [0, 0.1) is 0 Å². The summed E-state index contributed by atoms with van der Waals surface area (Å²) in [6.07, 6.45) is 2.89. The highest BCUT2D eigenvalue weighted by Gasteiger charge is 2.08. The maximum atomic E-state index is 10.5. The molecule has 0 aromatic heterocycles. The van der Waals surface area contributed by atoms with E-state index < -0.39 is 7.60 Å². The molecule has 0 saturated carbocycles. The summed E-state index contributed by atoms with van der Waals surface area (Å²) in [6, 6.07) is 6.95. The smallest absolute Gasteiger partial charge is 0.329 e. The number of allylic oxidation sites excluding steroid dienone is 1. The molecule has 6 heteroatoms. The molecule has 16 heavy (non-hydrogen) atoms. The van der Waals surface area contributed by atoms with Gasteiger partial charge in [0.1, 0.15) is 5.75 Å². The summed E-state index contributed by atoms with van der Waals surface area (Å²) in [5.41, 5.74) is 0. The topological polar surface area (TPSA) is 77.8 Å². The van der Waals surface area contributed by atoms with E-state index in [1.807, 2.05) is 6.07 Å². The molecule has 0 aliphatic carbocycles. The molecule has 0 radical (unpaired) electrons. The minimum Gasteiger partial charge on any atom is -0.507 e. The number of hydrogen-bond acceptors (Lipinski definition) is 3. The third-order valence-corrected chi connectivity index (χ3v) is 3.41. The third kappa shape index (κ3) is 5.37. The number of para-hydroxylation sites is 1. The monoisotopic (exact) mass is 260 g/mol. The molecule has 0 spiro atoms. The van der Waals surface area contributed by atoms with E-state index in [2.05, 4.69) is 0 Å². The Kier molecular flexibility index (Phi) is 5.09. The van der Waals surface area contributed by atoms with E-state index in [1.165, 1.54) is 17.8 Å². The van der Waals surface area contributed by atoms with Crippen LogP contribution in [-0.2, 0) is 4.57 Å². The molecular weight excluding hydrogens is 247 g/mol. The second-order valence-corrected chi connectivity index (χ2v) is 5.85. The quantitative estimate of drug-likeness (QED) is 0.430. The van der Waals surface area contributed by atoms with E-state index in [0.29, 0.717) is 5.75 Å². The molecule has 3 N–H and O–H groups in total. The van der Waals surface area contributed by atoms with Crippen molar-refractivity contribution in [1.82, 2.24) is 0 Å². The van der Waals surface area contributed by atoms with Crippen molar-refractivity contribution < 1.29 is 19.5 Å². The van der Waals surface area contributed by atoms with E-state index in [4.69, 9.17) is 9.79 Å². The van der Waals surface area contributed by atoms with E-state index in [9.17, 15) is 9.67 Å². The van der Waals surface area contributed by atoms with E-state index in [1.54, 1.807) is 24.3 Å². The number of phenolic OH excluding ortho intramolecular Hbond substituents is 1. The van der Waals surface area contributed by atoms with Crippen LogP contribution >= 0.6 is 19.4 Å². The van der Waals surface area contributed by atoms with Crippen LogP contribution in [0.15, 0.2) is 41.3 Å². The van der Waals surface area contributed by atoms with Crippen LogP contribution in [-0.4, -0.2) is 26.8 Å². The molecule has 0 bridgehead atoms. The predicted molar refractivity (Wildman–Crippen MR) is 64.9 cm³/mol. The first kappa shape index (κ1) is 13.3. The van der Waals surface area contributed by atoms with Crippen molar-refractivity contribution in [3.63, 3.8) is 0 Å². The van der Waals surface area contributed by atoms with Crippen LogP contribution in [0.1, 0.15) is 0 Å². The van der Waals surface area contributed by atoms with Crippen molar-refractivity contribution >= 4 is 19.4 Å². The minimum absolute atomic E-state index is 0.218. The first-order valence-corrected chi connectivity index (χ1v) is 7.38. The lowest BCUT2D eigenvalue weighted by Gasteiger charge is -2.01. The molecular formula is C10H13O4PS. The molecule has 4 nitrogen and oxygen atoms in total. The second kappa shape index (κ2) is 6.11. The van der Waals surface area contributed by atoms with Gasteiger partial charge in [-0.2, -0.15) is 0 Å². The molecule has 0 unspecified atom stereocenters. The van der Waals surface area contributed by atoms with Gasteiger partial charge in [-0.25, -0.2) is 0 Å². The van der Waals surface area contributed by atoms with Crippen molar-refractivity contribution in [2.24, 2.45) is 0 Å². The zero-order valence-electron chi connectivity index (χ0n) is 8.48. The Labute approximate surface area is 98.2 Å². The summed E-state index contributed by atoms with van der Waals surface area (Å²) in [6.45, 7) is 0. The maximum absolute atomic E-state index is 10.5. The molecule has 88 valence electrons. The second-order valence-electron chi connectivity index (χ2n) is 3.10.